The summed E-state index contributed by atoms with van der Waals surface area (Å²) in [6.45, 7) is 6.79. The lowest BCUT2D eigenvalue weighted by Crippen LogP contribution is -2.49. The number of rotatable bonds is 2. The Hall–Kier alpha value is -2.02. The lowest BCUT2D eigenvalue weighted by molar-refractivity contribution is 0.0741. The average Bonchev–Trinajstić information content (AvgIpc) is 3.00. The van der Waals surface area contributed by atoms with Crippen molar-refractivity contribution < 1.29 is 4.79 Å². The van der Waals surface area contributed by atoms with Crippen molar-refractivity contribution in [1.82, 2.24) is 19.9 Å². The normalized spacial score (nSPS) is 15.3. The van der Waals surface area contributed by atoms with Crippen LogP contribution in [-0.2, 0) is 0 Å². The molecule has 0 aliphatic carbocycles. The number of thiazole rings is 1. The zero-order valence-electron chi connectivity index (χ0n) is 12.1. The summed E-state index contributed by atoms with van der Waals surface area (Å²) in [6.07, 6.45) is 0. The van der Waals surface area contributed by atoms with E-state index >= 15 is 0 Å². The van der Waals surface area contributed by atoms with Crippen LogP contribution >= 0.6 is 11.3 Å². The van der Waals surface area contributed by atoms with Gasteiger partial charge >= 0.3 is 0 Å². The number of hydrogen-bond acceptors (Lipinski definition) is 6. The number of piperazine rings is 1. The summed E-state index contributed by atoms with van der Waals surface area (Å²) < 4.78 is 0. The highest BCUT2D eigenvalue weighted by molar-refractivity contribution is 7.07. The van der Waals surface area contributed by atoms with Gasteiger partial charge in [0.05, 0.1) is 5.51 Å². The van der Waals surface area contributed by atoms with Gasteiger partial charge in [-0.2, -0.15) is 0 Å². The highest BCUT2D eigenvalue weighted by Gasteiger charge is 2.24. The first-order valence-electron chi connectivity index (χ1n) is 6.88. The highest BCUT2D eigenvalue weighted by atomic mass is 32.1. The Morgan fingerprint density at radius 1 is 1.14 bits per heavy atom. The molecule has 0 unspecified atom stereocenters. The van der Waals surface area contributed by atoms with Crippen molar-refractivity contribution in [2.24, 2.45) is 0 Å². The van der Waals surface area contributed by atoms with Gasteiger partial charge in [0.15, 0.2) is 0 Å². The molecule has 21 heavy (non-hydrogen) atoms. The van der Waals surface area contributed by atoms with Crippen molar-refractivity contribution in [2.75, 3.05) is 31.1 Å². The SMILES string of the molecule is Cc1cc(C)nc(N2CCN(C(=O)c3cscn3)CC2)n1. The Balaban J connectivity index is 1.66. The highest BCUT2D eigenvalue weighted by Crippen LogP contribution is 2.14. The fraction of sp³-hybridized carbons (Fsp3) is 0.429. The number of anilines is 1. The number of carbonyl (C=O) groups is 1. The van der Waals surface area contributed by atoms with Crippen LogP contribution in [0.25, 0.3) is 0 Å². The molecular formula is C14H17N5OS. The molecule has 110 valence electrons. The second kappa shape index (κ2) is 5.77. The van der Waals surface area contributed by atoms with Crippen molar-refractivity contribution in [1.29, 1.82) is 0 Å². The third-order valence-corrected chi connectivity index (χ3v) is 4.06. The maximum atomic E-state index is 12.2. The van der Waals surface area contributed by atoms with Crippen LogP contribution in [-0.4, -0.2) is 51.9 Å². The van der Waals surface area contributed by atoms with Gasteiger partial charge in [-0.15, -0.1) is 11.3 Å². The number of hydrogen-bond donors (Lipinski definition) is 0. The zero-order chi connectivity index (χ0) is 14.8. The Morgan fingerprint density at radius 3 is 2.38 bits per heavy atom. The Morgan fingerprint density at radius 2 is 1.81 bits per heavy atom. The average molecular weight is 303 g/mol. The summed E-state index contributed by atoms with van der Waals surface area (Å²) in [4.78, 5) is 29.2. The van der Waals surface area contributed by atoms with Crippen molar-refractivity contribution in [2.45, 2.75) is 13.8 Å². The number of amides is 1. The number of carbonyl (C=O) groups excluding carboxylic acids is 1. The molecule has 1 amide bonds. The van der Waals surface area contributed by atoms with Gasteiger partial charge in [-0.05, 0) is 19.9 Å². The second-order valence-corrected chi connectivity index (χ2v) is 5.82. The van der Waals surface area contributed by atoms with Crippen LogP contribution in [0.5, 0.6) is 0 Å². The monoisotopic (exact) mass is 303 g/mol. The summed E-state index contributed by atoms with van der Waals surface area (Å²) in [7, 11) is 0. The third-order valence-electron chi connectivity index (χ3n) is 3.47. The molecule has 6 nitrogen and oxygen atoms in total. The topological polar surface area (TPSA) is 62.2 Å². The lowest BCUT2D eigenvalue weighted by Gasteiger charge is -2.34. The van der Waals surface area contributed by atoms with E-state index in [0.717, 1.165) is 30.4 Å². The molecule has 1 aliphatic heterocycles. The zero-order valence-corrected chi connectivity index (χ0v) is 12.9. The molecule has 0 radical (unpaired) electrons. The van der Waals surface area contributed by atoms with E-state index in [1.807, 2.05) is 24.8 Å². The predicted octanol–water partition coefficient (Wildman–Crippen LogP) is 1.51. The van der Waals surface area contributed by atoms with Crippen LogP contribution in [0.4, 0.5) is 5.95 Å². The van der Waals surface area contributed by atoms with Crippen LogP contribution in [0, 0.1) is 13.8 Å². The van der Waals surface area contributed by atoms with E-state index in [-0.39, 0.29) is 5.91 Å². The molecule has 0 spiro atoms. The van der Waals surface area contributed by atoms with Gasteiger partial charge in [0, 0.05) is 42.9 Å². The fourth-order valence-corrected chi connectivity index (χ4v) is 2.96. The molecule has 2 aromatic rings. The minimum Gasteiger partial charge on any atom is -0.337 e. The van der Waals surface area contributed by atoms with Crippen LogP contribution in [0.15, 0.2) is 17.0 Å². The molecule has 3 heterocycles. The molecule has 1 aliphatic rings. The summed E-state index contributed by atoms with van der Waals surface area (Å²) in [5, 5.41) is 1.79. The molecule has 0 aromatic carbocycles. The minimum absolute atomic E-state index is 0.0113. The summed E-state index contributed by atoms with van der Waals surface area (Å²) in [6, 6.07) is 1.96. The molecule has 0 bridgehead atoms. The van der Waals surface area contributed by atoms with Gasteiger partial charge in [-0.3, -0.25) is 4.79 Å². The Labute approximate surface area is 127 Å². The first-order chi connectivity index (χ1) is 10.1. The van der Waals surface area contributed by atoms with Crippen molar-refractivity contribution in [3.05, 3.63) is 34.0 Å². The van der Waals surface area contributed by atoms with Crippen molar-refractivity contribution >= 4 is 23.2 Å². The van der Waals surface area contributed by atoms with E-state index in [4.69, 9.17) is 0 Å². The molecule has 2 aromatic heterocycles. The summed E-state index contributed by atoms with van der Waals surface area (Å²) in [5.74, 6) is 0.769. The minimum atomic E-state index is 0.0113. The van der Waals surface area contributed by atoms with Gasteiger partial charge in [-0.1, -0.05) is 0 Å². The van der Waals surface area contributed by atoms with Crippen LogP contribution in [0.3, 0.4) is 0 Å². The summed E-state index contributed by atoms with van der Waals surface area (Å²) >= 11 is 1.44. The van der Waals surface area contributed by atoms with Crippen LogP contribution in [0.2, 0.25) is 0 Å². The molecule has 7 heteroatoms. The Bertz CT molecular complexity index is 615. The van der Waals surface area contributed by atoms with E-state index in [1.165, 1.54) is 11.3 Å². The maximum Gasteiger partial charge on any atom is 0.273 e. The number of aromatic nitrogens is 3. The van der Waals surface area contributed by atoms with Gasteiger partial charge in [0.25, 0.3) is 5.91 Å². The number of nitrogens with zero attached hydrogens (tertiary/aromatic N) is 5. The first kappa shape index (κ1) is 13.9. The van der Waals surface area contributed by atoms with E-state index < -0.39 is 0 Å². The van der Waals surface area contributed by atoms with Gasteiger partial charge < -0.3 is 9.80 Å². The molecule has 3 rings (SSSR count). The van der Waals surface area contributed by atoms with Gasteiger partial charge in [0.1, 0.15) is 5.69 Å². The standard InChI is InChI=1S/C14H17N5OS/c1-10-7-11(2)17-14(16-10)19-5-3-18(4-6-19)13(20)12-8-21-9-15-12/h7-9H,3-6H2,1-2H3. The second-order valence-electron chi connectivity index (χ2n) is 5.10. The van der Waals surface area contributed by atoms with E-state index in [9.17, 15) is 4.79 Å². The van der Waals surface area contributed by atoms with E-state index in [2.05, 4.69) is 19.9 Å². The molecule has 0 saturated carbocycles. The summed E-state index contributed by atoms with van der Waals surface area (Å²) in [5.41, 5.74) is 4.17. The molecule has 1 fully saturated rings. The maximum absolute atomic E-state index is 12.2. The predicted molar refractivity (Wildman–Crippen MR) is 81.7 cm³/mol. The quantitative estimate of drug-likeness (QED) is 0.841. The van der Waals surface area contributed by atoms with E-state index in [1.54, 1.807) is 10.9 Å². The van der Waals surface area contributed by atoms with Gasteiger partial charge in [0.2, 0.25) is 5.95 Å². The first-order valence-corrected chi connectivity index (χ1v) is 7.82. The molecular weight excluding hydrogens is 286 g/mol. The lowest BCUT2D eigenvalue weighted by atomic mass is 10.3. The number of aryl methyl sites for hydroxylation is 2. The van der Waals surface area contributed by atoms with Crippen molar-refractivity contribution in [3.8, 4) is 0 Å². The van der Waals surface area contributed by atoms with E-state index in [0.29, 0.717) is 18.8 Å². The molecule has 1 saturated heterocycles. The van der Waals surface area contributed by atoms with Crippen LogP contribution in [0.1, 0.15) is 21.9 Å². The smallest absolute Gasteiger partial charge is 0.273 e. The van der Waals surface area contributed by atoms with Crippen molar-refractivity contribution in [3.63, 3.8) is 0 Å². The molecule has 0 N–H and O–H groups in total. The third kappa shape index (κ3) is 3.02. The van der Waals surface area contributed by atoms with Gasteiger partial charge in [-0.25, -0.2) is 15.0 Å². The fourth-order valence-electron chi connectivity index (χ4n) is 2.44. The largest absolute Gasteiger partial charge is 0.337 e. The Kier molecular flexibility index (Phi) is 3.83. The van der Waals surface area contributed by atoms with Crippen LogP contribution < -0.4 is 4.90 Å². The molecule has 0 atom stereocenters.